The number of nitrogens with zero attached hydrogens (tertiary/aromatic N) is 2. The number of halogens is 1. The summed E-state index contributed by atoms with van der Waals surface area (Å²) >= 11 is 3.26. The molecule has 6 nitrogen and oxygen atoms in total. The van der Waals surface area contributed by atoms with E-state index < -0.39 is 23.6 Å². The first kappa shape index (κ1) is 13.4. The first-order valence-corrected chi connectivity index (χ1v) is 6.70. The van der Waals surface area contributed by atoms with E-state index in [0.29, 0.717) is 15.8 Å². The Morgan fingerprint density at radius 3 is 1.67 bits per heavy atom. The fourth-order valence-electron chi connectivity index (χ4n) is 2.11. The maximum atomic E-state index is 11.7. The molecule has 0 unspecified atom stereocenters. The van der Waals surface area contributed by atoms with Crippen LogP contribution in [-0.2, 0) is 19.2 Å². The summed E-state index contributed by atoms with van der Waals surface area (Å²) in [5, 5.41) is 0. The topological polar surface area (TPSA) is 74.8 Å². The van der Waals surface area contributed by atoms with Crippen LogP contribution in [0.2, 0.25) is 0 Å². The van der Waals surface area contributed by atoms with Gasteiger partial charge >= 0.3 is 0 Å². The summed E-state index contributed by atoms with van der Waals surface area (Å²) in [4.78, 5) is 48.5. The molecule has 4 amide bonds. The van der Waals surface area contributed by atoms with E-state index in [-0.39, 0.29) is 0 Å². The summed E-state index contributed by atoms with van der Waals surface area (Å²) in [6, 6.07) is 4.51. The van der Waals surface area contributed by atoms with E-state index in [9.17, 15) is 19.2 Å². The van der Waals surface area contributed by atoms with E-state index in [1.807, 2.05) is 0 Å². The standard InChI is InChI=1S/C14H7BrN2O4/c15-9-7-8(16-11(18)3-4-12(16)19)1-2-10(9)17-13(20)5-6-14(17)21/h1-7H. The average Bonchev–Trinajstić information content (AvgIpc) is 2.94. The maximum Gasteiger partial charge on any atom is 0.258 e. The van der Waals surface area contributed by atoms with Crippen LogP contribution in [0.4, 0.5) is 11.4 Å². The predicted octanol–water partition coefficient (Wildman–Crippen LogP) is 1.31. The minimum Gasteiger partial charge on any atom is -0.269 e. The van der Waals surface area contributed by atoms with Gasteiger partial charge in [-0.15, -0.1) is 0 Å². The summed E-state index contributed by atoms with van der Waals surface area (Å²) in [5.41, 5.74) is 0.712. The molecule has 0 bridgehead atoms. The molecule has 0 atom stereocenters. The first-order valence-electron chi connectivity index (χ1n) is 5.91. The van der Waals surface area contributed by atoms with Crippen LogP contribution in [0.3, 0.4) is 0 Å². The van der Waals surface area contributed by atoms with E-state index in [1.54, 1.807) is 0 Å². The molecule has 104 valence electrons. The second kappa shape index (κ2) is 4.78. The zero-order valence-corrected chi connectivity index (χ0v) is 12.0. The summed E-state index contributed by atoms with van der Waals surface area (Å²) < 4.78 is 0.429. The van der Waals surface area contributed by atoms with E-state index in [4.69, 9.17) is 0 Å². The molecular formula is C14H7BrN2O4. The lowest BCUT2D eigenvalue weighted by atomic mass is 10.2. The Hall–Kier alpha value is -2.54. The number of rotatable bonds is 2. The van der Waals surface area contributed by atoms with Gasteiger partial charge in [-0.25, -0.2) is 9.80 Å². The van der Waals surface area contributed by atoms with Crippen LogP contribution in [0.25, 0.3) is 0 Å². The highest BCUT2D eigenvalue weighted by Gasteiger charge is 2.29. The third-order valence-electron chi connectivity index (χ3n) is 3.05. The molecule has 0 fully saturated rings. The van der Waals surface area contributed by atoms with Crippen LogP contribution in [-0.4, -0.2) is 23.6 Å². The molecule has 2 aliphatic rings. The quantitative estimate of drug-likeness (QED) is 0.756. The molecule has 0 saturated carbocycles. The van der Waals surface area contributed by atoms with Crippen molar-refractivity contribution < 1.29 is 19.2 Å². The van der Waals surface area contributed by atoms with Gasteiger partial charge in [0, 0.05) is 28.8 Å². The predicted molar refractivity (Wildman–Crippen MR) is 77.4 cm³/mol. The summed E-state index contributed by atoms with van der Waals surface area (Å²) in [6.07, 6.45) is 4.73. The lowest BCUT2D eigenvalue weighted by Crippen LogP contribution is -2.31. The molecule has 0 radical (unpaired) electrons. The molecule has 3 rings (SSSR count). The monoisotopic (exact) mass is 346 g/mol. The number of carbonyl (C=O) groups is 4. The number of benzene rings is 1. The number of hydrogen-bond donors (Lipinski definition) is 0. The summed E-state index contributed by atoms with van der Waals surface area (Å²) in [7, 11) is 0. The molecule has 1 aromatic carbocycles. The first-order chi connectivity index (χ1) is 9.99. The molecule has 0 spiro atoms. The van der Waals surface area contributed by atoms with Crippen molar-refractivity contribution >= 4 is 50.9 Å². The van der Waals surface area contributed by atoms with Crippen LogP contribution in [0.1, 0.15) is 0 Å². The van der Waals surface area contributed by atoms with Gasteiger partial charge in [-0.3, -0.25) is 19.2 Å². The smallest absolute Gasteiger partial charge is 0.258 e. The van der Waals surface area contributed by atoms with Gasteiger partial charge in [0.1, 0.15) is 0 Å². The third-order valence-corrected chi connectivity index (χ3v) is 3.68. The highest BCUT2D eigenvalue weighted by Crippen LogP contribution is 2.33. The van der Waals surface area contributed by atoms with Gasteiger partial charge in [-0.1, -0.05) is 0 Å². The zero-order chi connectivity index (χ0) is 15.1. The number of imide groups is 2. The van der Waals surface area contributed by atoms with E-state index in [2.05, 4.69) is 15.9 Å². The maximum absolute atomic E-state index is 11.7. The number of carbonyl (C=O) groups excluding carboxylic acids is 4. The van der Waals surface area contributed by atoms with Gasteiger partial charge in [0.05, 0.1) is 11.4 Å². The Labute approximate surface area is 127 Å². The highest BCUT2D eigenvalue weighted by molar-refractivity contribution is 9.10. The SMILES string of the molecule is O=C1C=CC(=O)N1c1ccc(N2C(=O)C=CC2=O)c(Br)c1. The summed E-state index contributed by atoms with van der Waals surface area (Å²) in [5.74, 6) is -1.75. The van der Waals surface area contributed by atoms with Crippen molar-refractivity contribution in [3.63, 3.8) is 0 Å². The Kier molecular flexibility index (Phi) is 3.06. The van der Waals surface area contributed by atoms with Gasteiger partial charge in [0.15, 0.2) is 0 Å². The van der Waals surface area contributed by atoms with Gasteiger partial charge in [0.2, 0.25) is 0 Å². The van der Waals surface area contributed by atoms with Gasteiger partial charge in [-0.05, 0) is 34.1 Å². The summed E-state index contributed by atoms with van der Waals surface area (Å²) in [6.45, 7) is 0. The van der Waals surface area contributed by atoms with Crippen LogP contribution in [0, 0.1) is 0 Å². The molecule has 0 N–H and O–H groups in total. The minimum absolute atomic E-state index is 0.353. The Morgan fingerprint density at radius 2 is 1.19 bits per heavy atom. The van der Waals surface area contributed by atoms with Crippen molar-refractivity contribution in [3.05, 3.63) is 47.0 Å². The van der Waals surface area contributed by atoms with Crippen LogP contribution < -0.4 is 9.80 Å². The van der Waals surface area contributed by atoms with Gasteiger partial charge < -0.3 is 0 Å². The van der Waals surface area contributed by atoms with Crippen LogP contribution in [0.5, 0.6) is 0 Å². The fourth-order valence-corrected chi connectivity index (χ4v) is 2.65. The second-order valence-electron chi connectivity index (χ2n) is 4.33. The second-order valence-corrected chi connectivity index (χ2v) is 5.18. The Balaban J connectivity index is 1.98. The van der Waals surface area contributed by atoms with E-state index in [1.165, 1.54) is 42.5 Å². The molecule has 0 aliphatic carbocycles. The number of hydrogen-bond acceptors (Lipinski definition) is 4. The largest absolute Gasteiger partial charge is 0.269 e. The van der Waals surface area contributed by atoms with E-state index >= 15 is 0 Å². The molecule has 2 heterocycles. The lowest BCUT2D eigenvalue weighted by molar-refractivity contribution is -0.121. The van der Waals surface area contributed by atoms with Crippen LogP contribution >= 0.6 is 15.9 Å². The fraction of sp³-hybridized carbons (Fsp3) is 0. The van der Waals surface area contributed by atoms with Crippen molar-refractivity contribution in [2.24, 2.45) is 0 Å². The molecule has 0 aromatic heterocycles. The van der Waals surface area contributed by atoms with Crippen molar-refractivity contribution in [1.82, 2.24) is 0 Å². The molecular weight excluding hydrogens is 340 g/mol. The lowest BCUT2D eigenvalue weighted by Gasteiger charge is -2.19. The minimum atomic E-state index is -0.441. The Morgan fingerprint density at radius 1 is 0.714 bits per heavy atom. The zero-order valence-electron chi connectivity index (χ0n) is 10.4. The molecule has 2 aliphatic heterocycles. The Bertz CT molecular complexity index is 730. The molecule has 21 heavy (non-hydrogen) atoms. The normalized spacial score (nSPS) is 17.6. The van der Waals surface area contributed by atoms with Gasteiger partial charge in [0.25, 0.3) is 23.6 Å². The number of anilines is 2. The third kappa shape index (κ3) is 2.11. The van der Waals surface area contributed by atoms with Crippen molar-refractivity contribution in [3.8, 4) is 0 Å². The van der Waals surface area contributed by atoms with Crippen molar-refractivity contribution in [1.29, 1.82) is 0 Å². The van der Waals surface area contributed by atoms with Crippen LogP contribution in [0.15, 0.2) is 47.0 Å². The highest BCUT2D eigenvalue weighted by atomic mass is 79.9. The van der Waals surface area contributed by atoms with Crippen molar-refractivity contribution in [2.75, 3.05) is 9.80 Å². The average molecular weight is 347 g/mol. The molecule has 0 saturated heterocycles. The number of amides is 4. The molecule has 1 aromatic rings. The molecule has 7 heteroatoms. The van der Waals surface area contributed by atoms with Gasteiger partial charge in [-0.2, -0.15) is 0 Å². The van der Waals surface area contributed by atoms with E-state index in [0.717, 1.165) is 9.80 Å². The van der Waals surface area contributed by atoms with Crippen molar-refractivity contribution in [2.45, 2.75) is 0 Å².